The van der Waals surface area contributed by atoms with Crippen molar-refractivity contribution < 1.29 is 19.4 Å². The minimum absolute atomic E-state index is 0.200. The first-order valence-corrected chi connectivity index (χ1v) is 7.05. The highest BCUT2D eigenvalue weighted by Crippen LogP contribution is 2.19. The molecular weight excluding hydrogens is 280 g/mol. The zero-order chi connectivity index (χ0) is 15.5. The lowest BCUT2D eigenvalue weighted by molar-refractivity contribution is -0.139. The Bertz CT molecular complexity index is 505. The predicted octanol–water partition coefficient (Wildman–Crippen LogP) is 2.28. The summed E-state index contributed by atoms with van der Waals surface area (Å²) < 4.78 is 5.07. The first kappa shape index (κ1) is 16.4. The van der Waals surface area contributed by atoms with Crippen molar-refractivity contribution in [3.05, 3.63) is 15.6 Å². The number of amides is 1. The molecule has 0 saturated heterocycles. The van der Waals surface area contributed by atoms with Crippen molar-refractivity contribution in [2.45, 2.75) is 52.7 Å². The molecule has 0 bridgehead atoms. The van der Waals surface area contributed by atoms with E-state index in [1.807, 2.05) is 13.8 Å². The minimum atomic E-state index is -1.10. The van der Waals surface area contributed by atoms with E-state index in [2.05, 4.69) is 10.3 Å². The van der Waals surface area contributed by atoms with E-state index in [0.717, 1.165) is 15.6 Å². The molecule has 1 atom stereocenters. The van der Waals surface area contributed by atoms with E-state index in [1.165, 1.54) is 11.3 Å². The average Bonchev–Trinajstić information content (AvgIpc) is 2.53. The molecule has 1 amide bonds. The van der Waals surface area contributed by atoms with Gasteiger partial charge in [-0.1, -0.05) is 0 Å². The topological polar surface area (TPSA) is 88.5 Å². The average molecular weight is 300 g/mol. The monoisotopic (exact) mass is 300 g/mol. The van der Waals surface area contributed by atoms with Crippen LogP contribution >= 0.6 is 11.3 Å². The number of nitrogens with one attached hydrogen (secondary N) is 1. The fraction of sp³-hybridized carbons (Fsp3) is 0.615. The van der Waals surface area contributed by atoms with Crippen LogP contribution < -0.4 is 5.32 Å². The summed E-state index contributed by atoms with van der Waals surface area (Å²) in [5.74, 6) is -1.10. The lowest BCUT2D eigenvalue weighted by Gasteiger charge is -2.21. The van der Waals surface area contributed by atoms with Crippen LogP contribution in [-0.2, 0) is 16.0 Å². The molecule has 1 heterocycles. The van der Waals surface area contributed by atoms with Crippen LogP contribution in [0.25, 0.3) is 0 Å². The second-order valence-electron chi connectivity index (χ2n) is 5.48. The van der Waals surface area contributed by atoms with E-state index in [0.29, 0.717) is 0 Å². The number of carbonyl (C=O) groups is 2. The van der Waals surface area contributed by atoms with Gasteiger partial charge in [0.15, 0.2) is 0 Å². The molecule has 1 unspecified atom stereocenters. The maximum atomic E-state index is 11.6. The maximum absolute atomic E-state index is 11.6. The van der Waals surface area contributed by atoms with Crippen LogP contribution in [0.3, 0.4) is 0 Å². The van der Waals surface area contributed by atoms with Crippen LogP contribution in [0.5, 0.6) is 0 Å². The van der Waals surface area contributed by atoms with Crippen molar-refractivity contribution in [1.82, 2.24) is 10.3 Å². The summed E-state index contributed by atoms with van der Waals surface area (Å²) in [4.78, 5) is 28.0. The van der Waals surface area contributed by atoms with Crippen LogP contribution in [0.2, 0.25) is 0 Å². The zero-order valence-corrected chi connectivity index (χ0v) is 13.1. The lowest BCUT2D eigenvalue weighted by Crippen LogP contribution is -2.44. The van der Waals surface area contributed by atoms with Gasteiger partial charge in [0.05, 0.1) is 10.7 Å². The summed E-state index contributed by atoms with van der Waals surface area (Å²) in [5, 5.41) is 12.4. The fourth-order valence-electron chi connectivity index (χ4n) is 1.60. The Morgan fingerprint density at radius 1 is 1.40 bits per heavy atom. The second kappa shape index (κ2) is 6.21. The first-order valence-electron chi connectivity index (χ1n) is 6.23. The van der Waals surface area contributed by atoms with Gasteiger partial charge in [-0.05, 0) is 34.6 Å². The Morgan fingerprint density at radius 3 is 2.40 bits per heavy atom. The van der Waals surface area contributed by atoms with Crippen LogP contribution in [0.15, 0.2) is 0 Å². The molecule has 6 nitrogen and oxygen atoms in total. The van der Waals surface area contributed by atoms with Crippen LogP contribution in [0, 0.1) is 13.8 Å². The van der Waals surface area contributed by atoms with Crippen molar-refractivity contribution in [2.24, 2.45) is 0 Å². The lowest BCUT2D eigenvalue weighted by atomic mass is 10.1. The molecule has 0 aliphatic heterocycles. The number of aliphatic carboxylic acids is 1. The summed E-state index contributed by atoms with van der Waals surface area (Å²) >= 11 is 1.43. The van der Waals surface area contributed by atoms with E-state index in [4.69, 9.17) is 4.74 Å². The molecule has 2 N–H and O–H groups in total. The van der Waals surface area contributed by atoms with Crippen molar-refractivity contribution >= 4 is 23.4 Å². The molecular formula is C13H20N2O4S. The van der Waals surface area contributed by atoms with E-state index < -0.39 is 23.7 Å². The first-order chi connectivity index (χ1) is 9.08. The molecule has 1 aromatic rings. The van der Waals surface area contributed by atoms with Gasteiger partial charge in [-0.3, -0.25) is 0 Å². The SMILES string of the molecule is Cc1nc(C)c(CC(NC(=O)OC(C)(C)C)C(=O)O)s1. The summed E-state index contributed by atoms with van der Waals surface area (Å²) in [6.45, 7) is 8.85. The molecule has 1 aromatic heterocycles. The number of aromatic nitrogens is 1. The summed E-state index contributed by atoms with van der Waals surface area (Å²) in [5.41, 5.74) is 0.133. The molecule has 112 valence electrons. The predicted molar refractivity (Wildman–Crippen MR) is 76.1 cm³/mol. The van der Waals surface area contributed by atoms with Gasteiger partial charge >= 0.3 is 12.1 Å². The maximum Gasteiger partial charge on any atom is 0.408 e. The molecule has 0 fully saturated rings. The summed E-state index contributed by atoms with van der Waals surface area (Å²) in [7, 11) is 0. The van der Waals surface area contributed by atoms with Gasteiger partial charge in [-0.15, -0.1) is 11.3 Å². The third-order valence-corrected chi connectivity index (χ3v) is 3.47. The Labute approximate surface area is 122 Å². The highest BCUT2D eigenvalue weighted by molar-refractivity contribution is 7.11. The number of aryl methyl sites for hydroxylation is 2. The largest absolute Gasteiger partial charge is 0.480 e. The van der Waals surface area contributed by atoms with E-state index in [-0.39, 0.29) is 6.42 Å². The van der Waals surface area contributed by atoms with Crippen molar-refractivity contribution in [3.8, 4) is 0 Å². The fourth-order valence-corrected chi connectivity index (χ4v) is 2.58. The number of nitrogens with zero attached hydrogens (tertiary/aromatic N) is 1. The summed E-state index contributed by atoms with van der Waals surface area (Å²) in [6.07, 6.45) is -0.532. The van der Waals surface area contributed by atoms with Gasteiger partial charge in [0.25, 0.3) is 0 Å². The van der Waals surface area contributed by atoms with E-state index in [9.17, 15) is 14.7 Å². The number of thiazole rings is 1. The molecule has 1 rings (SSSR count). The van der Waals surface area contributed by atoms with Gasteiger partial charge in [0.1, 0.15) is 11.6 Å². The summed E-state index contributed by atoms with van der Waals surface area (Å²) in [6, 6.07) is -1.02. The Kier molecular flexibility index (Phi) is 5.10. The molecule has 0 aliphatic rings. The van der Waals surface area contributed by atoms with Gasteiger partial charge in [-0.25, -0.2) is 14.6 Å². The number of carbonyl (C=O) groups excluding carboxylic acids is 1. The van der Waals surface area contributed by atoms with Crippen LogP contribution in [0.1, 0.15) is 36.3 Å². The van der Waals surface area contributed by atoms with Gasteiger partial charge in [0, 0.05) is 11.3 Å². The number of hydrogen-bond donors (Lipinski definition) is 2. The number of carboxylic acids is 1. The zero-order valence-electron chi connectivity index (χ0n) is 12.3. The third kappa shape index (κ3) is 5.16. The van der Waals surface area contributed by atoms with E-state index in [1.54, 1.807) is 20.8 Å². The van der Waals surface area contributed by atoms with Crippen molar-refractivity contribution in [1.29, 1.82) is 0 Å². The third-order valence-electron chi connectivity index (χ3n) is 2.38. The Hall–Kier alpha value is -1.63. The standard InChI is InChI=1S/C13H20N2O4S/c1-7-10(20-8(2)14-7)6-9(11(16)17)15-12(18)19-13(3,4)5/h9H,6H2,1-5H3,(H,15,18)(H,16,17). The highest BCUT2D eigenvalue weighted by atomic mass is 32.1. The minimum Gasteiger partial charge on any atom is -0.480 e. The molecule has 0 spiro atoms. The number of carboxylic acid groups (broad SMARTS) is 1. The number of ether oxygens (including phenoxy) is 1. The molecule has 20 heavy (non-hydrogen) atoms. The molecule has 7 heteroatoms. The van der Waals surface area contributed by atoms with Crippen LogP contribution in [-0.4, -0.2) is 33.8 Å². The van der Waals surface area contributed by atoms with Crippen molar-refractivity contribution in [2.75, 3.05) is 0 Å². The number of hydrogen-bond acceptors (Lipinski definition) is 5. The molecule has 0 radical (unpaired) electrons. The second-order valence-corrected chi connectivity index (χ2v) is 6.77. The quantitative estimate of drug-likeness (QED) is 0.890. The van der Waals surface area contributed by atoms with Crippen LogP contribution in [0.4, 0.5) is 4.79 Å². The Balaban J connectivity index is 2.73. The normalized spacial score (nSPS) is 12.8. The van der Waals surface area contributed by atoms with Gasteiger partial charge in [-0.2, -0.15) is 0 Å². The molecule has 0 aromatic carbocycles. The molecule has 0 saturated carbocycles. The number of alkyl carbamates (subject to hydrolysis) is 1. The highest BCUT2D eigenvalue weighted by Gasteiger charge is 2.25. The van der Waals surface area contributed by atoms with Crippen molar-refractivity contribution in [3.63, 3.8) is 0 Å². The van der Waals surface area contributed by atoms with E-state index >= 15 is 0 Å². The number of rotatable bonds is 4. The molecule has 0 aliphatic carbocycles. The van der Waals surface area contributed by atoms with Gasteiger partial charge in [0.2, 0.25) is 0 Å². The van der Waals surface area contributed by atoms with Gasteiger partial charge < -0.3 is 15.2 Å². The Morgan fingerprint density at radius 2 is 2.00 bits per heavy atom. The smallest absolute Gasteiger partial charge is 0.408 e.